The van der Waals surface area contributed by atoms with Crippen LogP contribution in [0.3, 0.4) is 0 Å². The summed E-state index contributed by atoms with van der Waals surface area (Å²) in [5.74, 6) is -3.05. The Kier molecular flexibility index (Phi) is 9.91. The number of nitrogens with zero attached hydrogens (tertiary/aromatic N) is 1. The van der Waals surface area contributed by atoms with Crippen LogP contribution in [0.2, 0.25) is 0 Å². The van der Waals surface area contributed by atoms with Crippen LogP contribution in [-0.2, 0) is 45.3 Å². The Balaban J connectivity index is 1.46. The lowest BCUT2D eigenvalue weighted by molar-refractivity contribution is -0.149. The third kappa shape index (κ3) is 8.27. The standard InChI is InChI=1S/C30H42N4O9S/c1-5-20-17-30(20,27(38)33-44(40,41)21-13-14-21)32-25(36)23-12-9-15-34(23)26(37)22(31-28(39)43-29(2,3)4)16-24(35)42-18-19-10-7-6-8-11-19/h6-8,10-11,20-23H,5,9,12-18H2,1-4H3,(H,31,39)(H,32,36)(H,33,38)/t20-,22+,23+,30-/m1/s1. The normalized spacial score (nSPS) is 23.7. The maximum atomic E-state index is 13.8. The molecule has 0 aromatic heterocycles. The molecular weight excluding hydrogens is 592 g/mol. The average molecular weight is 635 g/mol. The number of sulfonamides is 1. The van der Waals surface area contributed by atoms with Gasteiger partial charge in [0.2, 0.25) is 21.8 Å². The molecule has 3 N–H and O–H groups in total. The molecule has 3 fully saturated rings. The molecule has 4 rings (SSSR count). The van der Waals surface area contributed by atoms with E-state index in [1.54, 1.807) is 45.0 Å². The van der Waals surface area contributed by atoms with Crippen molar-refractivity contribution in [1.29, 1.82) is 0 Å². The summed E-state index contributed by atoms with van der Waals surface area (Å²) in [6.07, 6.45) is 1.11. The second kappa shape index (κ2) is 13.1. The number of hydrogen-bond acceptors (Lipinski definition) is 9. The fourth-order valence-electron chi connectivity index (χ4n) is 5.41. The highest BCUT2D eigenvalue weighted by Gasteiger charge is 2.62. The largest absolute Gasteiger partial charge is 0.461 e. The third-order valence-electron chi connectivity index (χ3n) is 7.99. The van der Waals surface area contributed by atoms with Crippen molar-refractivity contribution in [2.75, 3.05) is 6.54 Å². The van der Waals surface area contributed by atoms with Gasteiger partial charge in [-0.2, -0.15) is 0 Å². The molecule has 1 aliphatic heterocycles. The summed E-state index contributed by atoms with van der Waals surface area (Å²) in [5.41, 5.74) is -1.52. The van der Waals surface area contributed by atoms with Crippen molar-refractivity contribution >= 4 is 39.8 Å². The number of carbonyl (C=O) groups excluding carboxylic acids is 5. The maximum absolute atomic E-state index is 13.8. The van der Waals surface area contributed by atoms with Crippen LogP contribution >= 0.6 is 0 Å². The van der Waals surface area contributed by atoms with Gasteiger partial charge in [0.1, 0.15) is 29.8 Å². The molecule has 1 saturated heterocycles. The molecule has 4 atom stereocenters. The minimum atomic E-state index is -3.82. The van der Waals surface area contributed by atoms with Gasteiger partial charge in [0, 0.05) is 6.54 Å². The first-order chi connectivity index (χ1) is 20.6. The van der Waals surface area contributed by atoms with Crippen LogP contribution < -0.4 is 15.4 Å². The number of amides is 4. The van der Waals surface area contributed by atoms with E-state index in [1.807, 2.05) is 13.0 Å². The van der Waals surface area contributed by atoms with Crippen LogP contribution in [0.1, 0.15) is 78.2 Å². The zero-order chi connectivity index (χ0) is 32.3. The van der Waals surface area contributed by atoms with Gasteiger partial charge < -0.3 is 25.0 Å². The van der Waals surface area contributed by atoms with Crippen LogP contribution in [0, 0.1) is 5.92 Å². The van der Waals surface area contributed by atoms with E-state index in [1.165, 1.54) is 4.90 Å². The van der Waals surface area contributed by atoms with Crippen LogP contribution in [0.25, 0.3) is 0 Å². The van der Waals surface area contributed by atoms with E-state index < -0.39 is 74.7 Å². The summed E-state index contributed by atoms with van der Waals surface area (Å²) < 4.78 is 37.7. The number of likely N-dealkylation sites (tertiary alicyclic amines) is 1. The average Bonchev–Trinajstić information content (AvgIpc) is 3.87. The molecule has 1 aromatic rings. The number of esters is 1. The summed E-state index contributed by atoms with van der Waals surface area (Å²) in [7, 11) is -3.82. The van der Waals surface area contributed by atoms with Gasteiger partial charge in [-0.3, -0.25) is 23.9 Å². The van der Waals surface area contributed by atoms with E-state index in [9.17, 15) is 32.4 Å². The monoisotopic (exact) mass is 634 g/mol. The summed E-state index contributed by atoms with van der Waals surface area (Å²) >= 11 is 0. The Bertz CT molecular complexity index is 1370. The Morgan fingerprint density at radius 2 is 1.75 bits per heavy atom. The van der Waals surface area contributed by atoms with Gasteiger partial charge in [0.25, 0.3) is 5.91 Å². The first-order valence-corrected chi connectivity index (χ1v) is 16.6. The van der Waals surface area contributed by atoms with Gasteiger partial charge in [-0.15, -0.1) is 0 Å². The van der Waals surface area contributed by atoms with E-state index >= 15 is 0 Å². The molecule has 44 heavy (non-hydrogen) atoms. The van der Waals surface area contributed by atoms with Gasteiger partial charge >= 0.3 is 12.1 Å². The van der Waals surface area contributed by atoms with Crippen LogP contribution in [0.5, 0.6) is 0 Å². The van der Waals surface area contributed by atoms with Gasteiger partial charge in [0.05, 0.1) is 11.7 Å². The molecule has 0 radical (unpaired) electrons. The van der Waals surface area contributed by atoms with Crippen LogP contribution in [-0.4, -0.2) is 78.1 Å². The number of alkyl carbamates (subject to hydrolysis) is 1. The second-order valence-corrected chi connectivity index (χ2v) is 14.6. The number of ether oxygens (including phenoxy) is 2. The lowest BCUT2D eigenvalue weighted by Crippen LogP contribution is -2.58. The molecule has 2 saturated carbocycles. The molecule has 3 aliphatic rings. The first kappa shape index (κ1) is 33.2. The van der Waals surface area contributed by atoms with Crippen molar-refractivity contribution in [2.24, 2.45) is 5.92 Å². The van der Waals surface area contributed by atoms with E-state index in [4.69, 9.17) is 9.47 Å². The van der Waals surface area contributed by atoms with Crippen LogP contribution in [0.4, 0.5) is 4.79 Å². The summed E-state index contributed by atoms with van der Waals surface area (Å²) in [6, 6.07) is 6.59. The highest BCUT2D eigenvalue weighted by atomic mass is 32.2. The fraction of sp³-hybridized carbons (Fsp3) is 0.633. The summed E-state index contributed by atoms with van der Waals surface area (Å²) in [6.45, 7) is 6.96. The molecule has 0 spiro atoms. The highest BCUT2D eigenvalue weighted by Crippen LogP contribution is 2.46. The molecule has 2 aliphatic carbocycles. The Morgan fingerprint density at radius 1 is 1.07 bits per heavy atom. The Hall–Kier alpha value is -3.68. The van der Waals surface area contributed by atoms with Crippen LogP contribution in [0.15, 0.2) is 30.3 Å². The molecule has 13 nitrogen and oxygen atoms in total. The molecule has 0 unspecified atom stereocenters. The van der Waals surface area contributed by atoms with E-state index in [0.717, 1.165) is 5.56 Å². The number of nitrogens with one attached hydrogen (secondary N) is 3. The van der Waals surface area contributed by atoms with Crippen molar-refractivity contribution in [3.05, 3.63) is 35.9 Å². The first-order valence-electron chi connectivity index (χ1n) is 15.0. The van der Waals surface area contributed by atoms with Crippen molar-refractivity contribution in [3.8, 4) is 0 Å². The van der Waals surface area contributed by atoms with E-state index in [-0.39, 0.29) is 31.9 Å². The van der Waals surface area contributed by atoms with E-state index in [2.05, 4.69) is 15.4 Å². The van der Waals surface area contributed by atoms with Crippen molar-refractivity contribution < 1.29 is 41.9 Å². The molecule has 242 valence electrons. The predicted molar refractivity (Wildman–Crippen MR) is 158 cm³/mol. The SMILES string of the molecule is CC[C@@H]1C[C@]1(NC(=O)[C@@H]1CCCN1C(=O)[C@H](CC(=O)OCc1ccccc1)NC(=O)OC(C)(C)C)C(=O)NS(=O)(=O)C1CC1. The number of rotatable bonds is 12. The quantitative estimate of drug-likeness (QED) is 0.290. The minimum Gasteiger partial charge on any atom is -0.461 e. The lowest BCUT2D eigenvalue weighted by Gasteiger charge is -2.30. The Labute approximate surface area is 257 Å². The molecule has 1 heterocycles. The smallest absolute Gasteiger partial charge is 0.408 e. The molecular formula is C30H42N4O9S. The molecule has 14 heteroatoms. The third-order valence-corrected chi connectivity index (χ3v) is 9.81. The number of carbonyl (C=O) groups is 5. The minimum absolute atomic E-state index is 0.0268. The second-order valence-electron chi connectivity index (χ2n) is 12.7. The van der Waals surface area contributed by atoms with Gasteiger partial charge in [-0.25, -0.2) is 13.2 Å². The maximum Gasteiger partial charge on any atom is 0.408 e. The predicted octanol–water partition coefficient (Wildman–Crippen LogP) is 1.90. The fourth-order valence-corrected chi connectivity index (χ4v) is 6.78. The lowest BCUT2D eigenvalue weighted by atomic mass is 10.1. The summed E-state index contributed by atoms with van der Waals surface area (Å²) in [5, 5.41) is 4.61. The zero-order valence-electron chi connectivity index (χ0n) is 25.6. The summed E-state index contributed by atoms with van der Waals surface area (Å²) in [4.78, 5) is 67.2. The van der Waals surface area contributed by atoms with Gasteiger partial charge in [0.15, 0.2) is 0 Å². The highest BCUT2D eigenvalue weighted by molar-refractivity contribution is 7.91. The number of hydrogen-bond donors (Lipinski definition) is 3. The number of benzene rings is 1. The zero-order valence-corrected chi connectivity index (χ0v) is 26.4. The topological polar surface area (TPSA) is 177 Å². The molecule has 4 amide bonds. The molecule has 0 bridgehead atoms. The van der Waals surface area contributed by atoms with Gasteiger partial charge in [-0.1, -0.05) is 43.7 Å². The van der Waals surface area contributed by atoms with Crippen molar-refractivity contribution in [3.63, 3.8) is 0 Å². The van der Waals surface area contributed by atoms with Gasteiger partial charge in [-0.05, 0) is 64.4 Å². The van der Waals surface area contributed by atoms with Crippen molar-refractivity contribution in [1.82, 2.24) is 20.3 Å². The van der Waals surface area contributed by atoms with E-state index in [0.29, 0.717) is 25.7 Å². The Morgan fingerprint density at radius 3 is 2.34 bits per heavy atom. The molecule has 1 aromatic carbocycles. The van der Waals surface area contributed by atoms with Crippen molar-refractivity contribution in [2.45, 2.75) is 108 Å².